The molecule has 1 aliphatic rings. The second-order valence-electron chi connectivity index (χ2n) is 5.44. The molecule has 1 saturated heterocycles. The monoisotopic (exact) mass is 262 g/mol. The first-order chi connectivity index (χ1) is 9.22. The molecule has 0 spiro atoms. The van der Waals surface area contributed by atoms with Crippen molar-refractivity contribution in [3.05, 3.63) is 17.6 Å². The minimum absolute atomic E-state index is 0.699. The summed E-state index contributed by atoms with van der Waals surface area (Å²) in [6, 6.07) is 2.69. The lowest BCUT2D eigenvalue weighted by atomic mass is 10.1. The average molecular weight is 262 g/mol. The number of nitrogens with one attached hydrogen (secondary N) is 1. The molecule has 2 heterocycles. The molecule has 2 rings (SSSR count). The van der Waals surface area contributed by atoms with Crippen molar-refractivity contribution in [3.8, 4) is 0 Å². The van der Waals surface area contributed by atoms with Crippen LogP contribution < -0.4 is 5.32 Å². The fourth-order valence-electron chi connectivity index (χ4n) is 2.92. The van der Waals surface area contributed by atoms with Gasteiger partial charge in [0.2, 0.25) is 0 Å². The Kier molecular flexibility index (Phi) is 5.14. The Bertz CT molecular complexity index is 405. The molecule has 4 nitrogen and oxygen atoms in total. The van der Waals surface area contributed by atoms with Gasteiger partial charge in [0.05, 0.1) is 6.54 Å². The fraction of sp³-hybridized carbons (Fsp3) is 0.733. The quantitative estimate of drug-likeness (QED) is 0.905. The van der Waals surface area contributed by atoms with Gasteiger partial charge in [-0.15, -0.1) is 0 Å². The van der Waals surface area contributed by atoms with Crippen molar-refractivity contribution in [2.75, 3.05) is 18.9 Å². The van der Waals surface area contributed by atoms with Crippen LogP contribution in [0.25, 0.3) is 0 Å². The van der Waals surface area contributed by atoms with E-state index in [2.05, 4.69) is 27.1 Å². The molecule has 0 aliphatic carbocycles. The first kappa shape index (κ1) is 14.3. The van der Waals surface area contributed by atoms with Crippen LogP contribution >= 0.6 is 0 Å². The van der Waals surface area contributed by atoms with E-state index in [4.69, 9.17) is 0 Å². The standard InChI is InChI=1S/C15H26N4/c1-4-13-8-6-5-7-9-19(13)11-15-17-12(2)10-14(16-3)18-15/h10,13H,4-9,11H2,1-3H3,(H,16,17,18). The maximum absolute atomic E-state index is 4.58. The lowest BCUT2D eigenvalue weighted by Crippen LogP contribution is -2.34. The molecule has 0 radical (unpaired) electrons. The molecular formula is C15H26N4. The third kappa shape index (κ3) is 3.90. The SMILES string of the molecule is CCC1CCCCCN1Cc1nc(C)cc(NC)n1. The second-order valence-corrected chi connectivity index (χ2v) is 5.44. The summed E-state index contributed by atoms with van der Waals surface area (Å²) in [7, 11) is 1.91. The molecule has 1 aliphatic heterocycles. The van der Waals surface area contributed by atoms with E-state index in [0.29, 0.717) is 6.04 Å². The van der Waals surface area contributed by atoms with Gasteiger partial charge in [0.15, 0.2) is 0 Å². The van der Waals surface area contributed by atoms with E-state index in [1.807, 2.05) is 20.0 Å². The molecule has 1 N–H and O–H groups in total. The molecule has 1 aromatic heterocycles. The highest BCUT2D eigenvalue weighted by Crippen LogP contribution is 2.20. The van der Waals surface area contributed by atoms with Crippen LogP contribution in [-0.4, -0.2) is 34.5 Å². The minimum Gasteiger partial charge on any atom is -0.373 e. The van der Waals surface area contributed by atoms with Crippen LogP contribution in [0.4, 0.5) is 5.82 Å². The minimum atomic E-state index is 0.699. The molecule has 106 valence electrons. The zero-order valence-corrected chi connectivity index (χ0v) is 12.4. The topological polar surface area (TPSA) is 41.1 Å². The van der Waals surface area contributed by atoms with Gasteiger partial charge in [0, 0.05) is 24.8 Å². The molecule has 0 aromatic carbocycles. The average Bonchev–Trinajstić information content (AvgIpc) is 2.63. The first-order valence-electron chi connectivity index (χ1n) is 7.49. The summed E-state index contributed by atoms with van der Waals surface area (Å²) in [5.41, 5.74) is 1.04. The van der Waals surface area contributed by atoms with E-state index in [1.165, 1.54) is 38.6 Å². The van der Waals surface area contributed by atoms with Crippen molar-refractivity contribution in [2.45, 2.75) is 58.5 Å². The van der Waals surface area contributed by atoms with Crippen molar-refractivity contribution >= 4 is 5.82 Å². The van der Waals surface area contributed by atoms with Gasteiger partial charge in [0.25, 0.3) is 0 Å². The van der Waals surface area contributed by atoms with Crippen LogP contribution in [0, 0.1) is 6.92 Å². The summed E-state index contributed by atoms with van der Waals surface area (Å²) in [6.07, 6.45) is 6.59. The zero-order chi connectivity index (χ0) is 13.7. The van der Waals surface area contributed by atoms with Gasteiger partial charge in [-0.2, -0.15) is 0 Å². The Morgan fingerprint density at radius 1 is 1.32 bits per heavy atom. The molecule has 1 unspecified atom stereocenters. The van der Waals surface area contributed by atoms with Gasteiger partial charge in [-0.25, -0.2) is 9.97 Å². The number of aryl methyl sites for hydroxylation is 1. The van der Waals surface area contributed by atoms with E-state index in [0.717, 1.165) is 23.9 Å². The number of likely N-dealkylation sites (tertiary alicyclic amines) is 1. The number of rotatable bonds is 4. The van der Waals surface area contributed by atoms with Gasteiger partial charge in [0.1, 0.15) is 11.6 Å². The number of nitrogens with zero attached hydrogens (tertiary/aromatic N) is 3. The Balaban J connectivity index is 2.11. The second kappa shape index (κ2) is 6.85. The van der Waals surface area contributed by atoms with Crippen LogP contribution in [0.3, 0.4) is 0 Å². The van der Waals surface area contributed by atoms with Gasteiger partial charge in [-0.05, 0) is 32.7 Å². The van der Waals surface area contributed by atoms with E-state index in [-0.39, 0.29) is 0 Å². The predicted molar refractivity (Wildman–Crippen MR) is 79.3 cm³/mol. The molecular weight excluding hydrogens is 236 g/mol. The Morgan fingerprint density at radius 2 is 2.16 bits per heavy atom. The van der Waals surface area contributed by atoms with Crippen LogP contribution in [0.1, 0.15) is 50.5 Å². The van der Waals surface area contributed by atoms with Crippen molar-refractivity contribution in [1.82, 2.24) is 14.9 Å². The third-order valence-electron chi connectivity index (χ3n) is 3.97. The number of anilines is 1. The molecule has 4 heteroatoms. The van der Waals surface area contributed by atoms with Gasteiger partial charge >= 0.3 is 0 Å². The summed E-state index contributed by atoms with van der Waals surface area (Å²) in [5, 5.41) is 3.11. The maximum atomic E-state index is 4.58. The normalized spacial score (nSPS) is 21.1. The Morgan fingerprint density at radius 3 is 2.89 bits per heavy atom. The van der Waals surface area contributed by atoms with E-state index in [1.54, 1.807) is 0 Å². The van der Waals surface area contributed by atoms with E-state index >= 15 is 0 Å². The van der Waals surface area contributed by atoms with Crippen molar-refractivity contribution in [1.29, 1.82) is 0 Å². The molecule has 1 aromatic rings. The molecule has 0 amide bonds. The molecule has 19 heavy (non-hydrogen) atoms. The van der Waals surface area contributed by atoms with Crippen LogP contribution in [0.5, 0.6) is 0 Å². The van der Waals surface area contributed by atoms with Gasteiger partial charge in [-0.1, -0.05) is 19.8 Å². The highest BCUT2D eigenvalue weighted by molar-refractivity contribution is 5.34. The van der Waals surface area contributed by atoms with Crippen molar-refractivity contribution < 1.29 is 0 Å². The van der Waals surface area contributed by atoms with E-state index in [9.17, 15) is 0 Å². The first-order valence-corrected chi connectivity index (χ1v) is 7.49. The summed E-state index contributed by atoms with van der Waals surface area (Å²) in [5.74, 6) is 1.87. The number of aromatic nitrogens is 2. The van der Waals surface area contributed by atoms with Crippen molar-refractivity contribution in [3.63, 3.8) is 0 Å². The smallest absolute Gasteiger partial charge is 0.144 e. The number of hydrogen-bond acceptors (Lipinski definition) is 4. The maximum Gasteiger partial charge on any atom is 0.144 e. The highest BCUT2D eigenvalue weighted by atomic mass is 15.2. The van der Waals surface area contributed by atoms with Crippen LogP contribution in [0.15, 0.2) is 6.07 Å². The lowest BCUT2D eigenvalue weighted by Gasteiger charge is -2.28. The predicted octanol–water partition coefficient (Wildman–Crippen LogP) is 2.98. The van der Waals surface area contributed by atoms with Crippen LogP contribution in [0.2, 0.25) is 0 Å². The largest absolute Gasteiger partial charge is 0.373 e. The Hall–Kier alpha value is -1.16. The summed E-state index contributed by atoms with van der Waals surface area (Å²) in [6.45, 7) is 6.39. The third-order valence-corrected chi connectivity index (χ3v) is 3.97. The fourth-order valence-corrected chi connectivity index (χ4v) is 2.92. The molecule has 1 atom stereocenters. The highest BCUT2D eigenvalue weighted by Gasteiger charge is 2.20. The van der Waals surface area contributed by atoms with Crippen molar-refractivity contribution in [2.24, 2.45) is 0 Å². The zero-order valence-electron chi connectivity index (χ0n) is 12.4. The number of hydrogen-bond donors (Lipinski definition) is 1. The molecule has 1 fully saturated rings. The van der Waals surface area contributed by atoms with Crippen LogP contribution in [-0.2, 0) is 6.54 Å². The lowest BCUT2D eigenvalue weighted by molar-refractivity contribution is 0.181. The summed E-state index contributed by atoms with van der Waals surface area (Å²) >= 11 is 0. The van der Waals surface area contributed by atoms with E-state index < -0.39 is 0 Å². The Labute approximate surface area is 116 Å². The van der Waals surface area contributed by atoms with Gasteiger partial charge in [-0.3, -0.25) is 4.90 Å². The molecule has 0 bridgehead atoms. The van der Waals surface area contributed by atoms with Gasteiger partial charge < -0.3 is 5.32 Å². The summed E-state index contributed by atoms with van der Waals surface area (Å²) in [4.78, 5) is 11.7. The summed E-state index contributed by atoms with van der Waals surface area (Å²) < 4.78 is 0. The molecule has 0 saturated carbocycles.